The van der Waals surface area contributed by atoms with Crippen molar-refractivity contribution in [2.24, 2.45) is 0 Å². The second-order valence-corrected chi connectivity index (χ2v) is 9.25. The highest BCUT2D eigenvalue weighted by molar-refractivity contribution is 8.01. The van der Waals surface area contributed by atoms with E-state index in [1.165, 1.54) is 36.9 Å². The number of halogens is 1. The SMILES string of the molecule is C=CCSc1nnc(NC(=O)[C@H](C)N(c2ccccc2F)S(C)(=O)=O)s1. The molecule has 1 aromatic heterocycles. The summed E-state index contributed by atoms with van der Waals surface area (Å²) in [4.78, 5) is 12.5. The third-order valence-corrected chi connectivity index (χ3v) is 6.34. The van der Waals surface area contributed by atoms with Crippen LogP contribution in [-0.4, -0.2) is 42.6 Å². The zero-order valence-corrected chi connectivity index (χ0v) is 16.5. The quantitative estimate of drug-likeness (QED) is 0.404. The highest BCUT2D eigenvalue weighted by atomic mass is 32.2. The van der Waals surface area contributed by atoms with Crippen LogP contribution in [0.1, 0.15) is 6.92 Å². The normalized spacial score (nSPS) is 12.4. The van der Waals surface area contributed by atoms with Gasteiger partial charge in [-0.05, 0) is 19.1 Å². The standard InChI is InChI=1S/C15H17FN4O3S3/c1-4-9-24-15-19-18-14(25-15)17-13(21)10(2)20(26(3,22)23)12-8-6-5-7-11(12)16/h4-8,10H,1,9H2,2-3H3,(H,17,18,21)/t10-/m0/s1. The molecule has 1 atom stereocenters. The van der Waals surface area contributed by atoms with Crippen LogP contribution in [0.25, 0.3) is 0 Å². The van der Waals surface area contributed by atoms with Crippen molar-refractivity contribution in [1.82, 2.24) is 10.2 Å². The first kappa shape index (κ1) is 20.3. The van der Waals surface area contributed by atoms with E-state index < -0.39 is 27.8 Å². The van der Waals surface area contributed by atoms with Gasteiger partial charge in [-0.1, -0.05) is 41.3 Å². The van der Waals surface area contributed by atoms with Crippen molar-refractivity contribution in [1.29, 1.82) is 0 Å². The molecule has 1 aromatic carbocycles. The molecule has 0 aliphatic rings. The molecule has 0 radical (unpaired) electrons. The van der Waals surface area contributed by atoms with Gasteiger partial charge in [0.05, 0.1) is 11.9 Å². The molecule has 0 spiro atoms. The van der Waals surface area contributed by atoms with Crippen molar-refractivity contribution in [3.63, 3.8) is 0 Å². The molecule has 2 aromatic rings. The lowest BCUT2D eigenvalue weighted by atomic mass is 10.2. The number of hydrogen-bond donors (Lipinski definition) is 1. The largest absolute Gasteiger partial charge is 0.299 e. The third kappa shape index (κ3) is 5.02. The van der Waals surface area contributed by atoms with Crippen molar-refractivity contribution >= 4 is 49.8 Å². The van der Waals surface area contributed by atoms with Gasteiger partial charge >= 0.3 is 0 Å². The van der Waals surface area contributed by atoms with E-state index in [1.54, 1.807) is 6.08 Å². The van der Waals surface area contributed by atoms with Crippen molar-refractivity contribution in [2.75, 3.05) is 21.6 Å². The van der Waals surface area contributed by atoms with E-state index in [9.17, 15) is 17.6 Å². The Hall–Kier alpha value is -1.98. The number of carbonyl (C=O) groups excluding carboxylic acids is 1. The molecule has 0 fully saturated rings. The smallest absolute Gasteiger partial charge is 0.249 e. The van der Waals surface area contributed by atoms with E-state index in [4.69, 9.17) is 0 Å². The average Bonchev–Trinajstić information content (AvgIpc) is 3.01. The summed E-state index contributed by atoms with van der Waals surface area (Å²) in [5.41, 5.74) is -0.197. The fourth-order valence-corrected chi connectivity index (χ4v) is 4.76. The molecule has 1 heterocycles. The number of sulfonamides is 1. The van der Waals surface area contributed by atoms with Gasteiger partial charge in [-0.2, -0.15) is 0 Å². The summed E-state index contributed by atoms with van der Waals surface area (Å²) in [5, 5.41) is 10.5. The van der Waals surface area contributed by atoms with Crippen LogP contribution in [-0.2, 0) is 14.8 Å². The monoisotopic (exact) mass is 416 g/mol. The van der Waals surface area contributed by atoms with Gasteiger partial charge in [0.25, 0.3) is 0 Å². The van der Waals surface area contributed by atoms with E-state index in [2.05, 4.69) is 22.1 Å². The Morgan fingerprint density at radius 1 is 1.46 bits per heavy atom. The lowest BCUT2D eigenvalue weighted by molar-refractivity contribution is -0.116. The first-order chi connectivity index (χ1) is 12.2. The highest BCUT2D eigenvalue weighted by Gasteiger charge is 2.31. The Morgan fingerprint density at radius 2 is 2.15 bits per heavy atom. The first-order valence-electron chi connectivity index (χ1n) is 7.36. The Morgan fingerprint density at radius 3 is 2.77 bits per heavy atom. The van der Waals surface area contributed by atoms with Gasteiger partial charge in [-0.25, -0.2) is 12.8 Å². The number of carbonyl (C=O) groups is 1. The van der Waals surface area contributed by atoms with Gasteiger partial charge in [-0.3, -0.25) is 14.4 Å². The molecule has 1 N–H and O–H groups in total. The lowest BCUT2D eigenvalue weighted by Gasteiger charge is -2.28. The fraction of sp³-hybridized carbons (Fsp3) is 0.267. The summed E-state index contributed by atoms with van der Waals surface area (Å²) in [5.74, 6) is -0.736. The van der Waals surface area contributed by atoms with E-state index in [-0.39, 0.29) is 10.8 Å². The van der Waals surface area contributed by atoms with Crippen LogP contribution in [0, 0.1) is 5.82 Å². The van der Waals surface area contributed by atoms with E-state index in [0.717, 1.165) is 28.0 Å². The molecule has 11 heteroatoms. The minimum absolute atomic E-state index is 0.197. The van der Waals surface area contributed by atoms with Gasteiger partial charge < -0.3 is 0 Å². The van der Waals surface area contributed by atoms with Crippen LogP contribution < -0.4 is 9.62 Å². The second kappa shape index (κ2) is 8.60. The zero-order chi connectivity index (χ0) is 19.3. The average molecular weight is 417 g/mol. The molecule has 0 unspecified atom stereocenters. The van der Waals surface area contributed by atoms with Gasteiger partial charge in [0.15, 0.2) is 4.34 Å². The maximum Gasteiger partial charge on any atom is 0.249 e. The molecule has 0 aliphatic carbocycles. The van der Waals surface area contributed by atoms with Gasteiger partial charge in [0, 0.05) is 5.75 Å². The summed E-state index contributed by atoms with van der Waals surface area (Å²) in [6.07, 6.45) is 2.63. The molecular weight excluding hydrogens is 399 g/mol. The fourth-order valence-electron chi connectivity index (χ4n) is 2.07. The number of para-hydroxylation sites is 1. The topological polar surface area (TPSA) is 92.3 Å². The molecule has 0 saturated heterocycles. The summed E-state index contributed by atoms with van der Waals surface area (Å²) >= 11 is 2.56. The van der Waals surface area contributed by atoms with E-state index >= 15 is 0 Å². The molecule has 26 heavy (non-hydrogen) atoms. The van der Waals surface area contributed by atoms with Crippen LogP contribution in [0.4, 0.5) is 15.2 Å². The number of nitrogens with one attached hydrogen (secondary N) is 1. The van der Waals surface area contributed by atoms with Crippen LogP contribution in [0.5, 0.6) is 0 Å². The number of nitrogens with zero attached hydrogens (tertiary/aromatic N) is 3. The predicted octanol–water partition coefficient (Wildman–Crippen LogP) is 2.75. The summed E-state index contributed by atoms with van der Waals surface area (Å²) in [7, 11) is -3.90. The third-order valence-electron chi connectivity index (χ3n) is 3.14. The number of anilines is 2. The molecule has 140 valence electrons. The van der Waals surface area contributed by atoms with Crippen LogP contribution in [0.3, 0.4) is 0 Å². The Balaban J connectivity index is 2.22. The molecule has 1 amide bonds. The number of hydrogen-bond acceptors (Lipinski definition) is 7. The lowest BCUT2D eigenvalue weighted by Crippen LogP contribution is -2.45. The first-order valence-corrected chi connectivity index (χ1v) is 11.0. The molecule has 2 rings (SSSR count). The number of amides is 1. The minimum atomic E-state index is -3.90. The number of aromatic nitrogens is 2. The van der Waals surface area contributed by atoms with Crippen LogP contribution >= 0.6 is 23.1 Å². The van der Waals surface area contributed by atoms with Gasteiger partial charge in [-0.15, -0.1) is 16.8 Å². The van der Waals surface area contributed by atoms with Crippen LogP contribution in [0.2, 0.25) is 0 Å². The maximum absolute atomic E-state index is 14.1. The van der Waals surface area contributed by atoms with Crippen molar-refractivity contribution in [3.05, 3.63) is 42.7 Å². The highest BCUT2D eigenvalue weighted by Crippen LogP contribution is 2.27. The number of benzene rings is 1. The van der Waals surface area contributed by atoms with Crippen molar-refractivity contribution in [2.45, 2.75) is 17.3 Å². The van der Waals surface area contributed by atoms with E-state index in [0.29, 0.717) is 10.1 Å². The van der Waals surface area contributed by atoms with Crippen LogP contribution in [0.15, 0.2) is 41.3 Å². The molecule has 0 bridgehead atoms. The van der Waals surface area contributed by atoms with Crippen molar-refractivity contribution in [3.8, 4) is 0 Å². The van der Waals surface area contributed by atoms with Gasteiger partial charge in [0.1, 0.15) is 11.9 Å². The second-order valence-electron chi connectivity index (χ2n) is 5.15. The number of thioether (sulfide) groups is 1. The minimum Gasteiger partial charge on any atom is -0.299 e. The molecule has 0 aliphatic heterocycles. The van der Waals surface area contributed by atoms with Gasteiger partial charge in [0.2, 0.25) is 21.1 Å². The summed E-state index contributed by atoms with van der Waals surface area (Å²) in [6.45, 7) is 4.98. The summed E-state index contributed by atoms with van der Waals surface area (Å²) in [6, 6.07) is 4.18. The molecule has 7 nitrogen and oxygen atoms in total. The Labute approximate surface area is 159 Å². The molecule has 0 saturated carbocycles. The predicted molar refractivity (Wildman–Crippen MR) is 103 cm³/mol. The Kier molecular flexibility index (Phi) is 6.73. The Bertz CT molecular complexity index is 901. The summed E-state index contributed by atoms with van der Waals surface area (Å²) < 4.78 is 39.7. The zero-order valence-electron chi connectivity index (χ0n) is 14.0. The molecular formula is C15H17FN4O3S3. The van der Waals surface area contributed by atoms with E-state index in [1.807, 2.05) is 0 Å². The maximum atomic E-state index is 14.1. The number of rotatable bonds is 8. The van der Waals surface area contributed by atoms with Crippen molar-refractivity contribution < 1.29 is 17.6 Å².